The van der Waals surface area contributed by atoms with Crippen molar-refractivity contribution in [3.05, 3.63) is 39.4 Å². The normalized spacial score (nSPS) is 16.0. The Hall–Kier alpha value is -1.99. The first-order valence-corrected chi connectivity index (χ1v) is 8.29. The molecule has 0 atom stereocenters. The molecule has 0 radical (unpaired) electrons. The minimum atomic E-state index is -0.419. The highest BCUT2D eigenvalue weighted by atomic mass is 16.6. The van der Waals surface area contributed by atoms with Gasteiger partial charge in [0.1, 0.15) is 0 Å². The van der Waals surface area contributed by atoms with E-state index in [0.717, 1.165) is 32.7 Å². The van der Waals surface area contributed by atoms with Crippen LogP contribution in [0.2, 0.25) is 0 Å². The Morgan fingerprint density at radius 3 is 2.58 bits per heavy atom. The van der Waals surface area contributed by atoms with E-state index in [2.05, 4.69) is 15.5 Å². The first kappa shape index (κ1) is 18.4. The highest BCUT2D eigenvalue weighted by Crippen LogP contribution is 2.31. The topological polar surface area (TPSA) is 87.5 Å². The zero-order chi connectivity index (χ0) is 17.7. The Morgan fingerprint density at radius 2 is 2.00 bits per heavy atom. The summed E-state index contributed by atoms with van der Waals surface area (Å²) in [6.07, 6.45) is 0. The van der Waals surface area contributed by atoms with Crippen molar-refractivity contribution in [3.63, 3.8) is 0 Å². The monoisotopic (exact) mass is 334 g/mol. The molecule has 7 nitrogen and oxygen atoms in total. The fourth-order valence-electron chi connectivity index (χ4n) is 2.82. The molecule has 132 valence electrons. The van der Waals surface area contributed by atoms with Gasteiger partial charge < -0.3 is 10.6 Å². The number of nitro benzene ring substituents is 1. The van der Waals surface area contributed by atoms with E-state index in [1.165, 1.54) is 6.07 Å². The highest BCUT2D eigenvalue weighted by molar-refractivity contribution is 5.95. The number of piperazine rings is 1. The van der Waals surface area contributed by atoms with Gasteiger partial charge in [-0.05, 0) is 11.5 Å². The summed E-state index contributed by atoms with van der Waals surface area (Å²) in [4.78, 5) is 25.4. The van der Waals surface area contributed by atoms with Crippen molar-refractivity contribution in [2.24, 2.45) is 0 Å². The number of carbonyl (C=O) groups is 1. The molecular formula is C17H26N4O3. The van der Waals surface area contributed by atoms with Crippen LogP contribution in [0.3, 0.4) is 0 Å². The standard InChI is InChI=1S/C17H26N4O3/c1-17(2,3)14-5-4-13(12-15(14)21(23)24)16(22)19-8-11-20-9-6-18-7-10-20/h4-5,12,18H,6-11H2,1-3H3,(H,19,22). The lowest BCUT2D eigenvalue weighted by molar-refractivity contribution is -0.386. The van der Waals surface area contributed by atoms with E-state index in [4.69, 9.17) is 0 Å². The average Bonchev–Trinajstić information content (AvgIpc) is 2.54. The van der Waals surface area contributed by atoms with Gasteiger partial charge in [0.25, 0.3) is 11.6 Å². The fraction of sp³-hybridized carbons (Fsp3) is 0.588. The molecule has 1 aliphatic rings. The number of rotatable bonds is 5. The number of benzene rings is 1. The molecule has 2 rings (SSSR count). The molecule has 1 heterocycles. The predicted octanol–water partition coefficient (Wildman–Crippen LogP) is 1.53. The second kappa shape index (κ2) is 7.72. The Balaban J connectivity index is 2.01. The molecule has 0 aromatic heterocycles. The van der Waals surface area contributed by atoms with E-state index in [0.29, 0.717) is 17.7 Å². The molecule has 7 heteroatoms. The Kier molecular flexibility index (Phi) is 5.90. The lowest BCUT2D eigenvalue weighted by Crippen LogP contribution is -2.46. The van der Waals surface area contributed by atoms with Crippen molar-refractivity contribution in [1.29, 1.82) is 0 Å². The van der Waals surface area contributed by atoms with Crippen LogP contribution in [0.1, 0.15) is 36.7 Å². The van der Waals surface area contributed by atoms with Crippen molar-refractivity contribution in [2.75, 3.05) is 39.3 Å². The number of amides is 1. The number of carbonyl (C=O) groups excluding carboxylic acids is 1. The zero-order valence-electron chi connectivity index (χ0n) is 14.6. The molecular weight excluding hydrogens is 308 g/mol. The van der Waals surface area contributed by atoms with Gasteiger partial charge in [-0.15, -0.1) is 0 Å². The van der Waals surface area contributed by atoms with Gasteiger partial charge in [0.15, 0.2) is 0 Å². The maximum Gasteiger partial charge on any atom is 0.273 e. The quantitative estimate of drug-likeness (QED) is 0.630. The molecule has 1 fully saturated rings. The first-order chi connectivity index (χ1) is 11.3. The second-order valence-corrected chi connectivity index (χ2v) is 7.09. The average molecular weight is 334 g/mol. The van der Waals surface area contributed by atoms with E-state index >= 15 is 0 Å². The second-order valence-electron chi connectivity index (χ2n) is 7.09. The number of hydrogen-bond acceptors (Lipinski definition) is 5. The third-order valence-corrected chi connectivity index (χ3v) is 4.19. The summed E-state index contributed by atoms with van der Waals surface area (Å²) in [7, 11) is 0. The van der Waals surface area contributed by atoms with Gasteiger partial charge in [-0.3, -0.25) is 19.8 Å². The molecule has 1 saturated heterocycles. The van der Waals surface area contributed by atoms with E-state index in [1.54, 1.807) is 12.1 Å². The van der Waals surface area contributed by atoms with Gasteiger partial charge in [-0.25, -0.2) is 0 Å². The number of nitro groups is 1. The third-order valence-electron chi connectivity index (χ3n) is 4.19. The predicted molar refractivity (Wildman–Crippen MR) is 93.4 cm³/mol. The molecule has 2 N–H and O–H groups in total. The van der Waals surface area contributed by atoms with Crippen LogP contribution in [0, 0.1) is 10.1 Å². The largest absolute Gasteiger partial charge is 0.351 e. The smallest absolute Gasteiger partial charge is 0.273 e. The van der Waals surface area contributed by atoms with Crippen molar-refractivity contribution in [3.8, 4) is 0 Å². The molecule has 1 aliphatic heterocycles. The molecule has 24 heavy (non-hydrogen) atoms. The van der Waals surface area contributed by atoms with Crippen LogP contribution in [0.25, 0.3) is 0 Å². The summed E-state index contributed by atoms with van der Waals surface area (Å²) in [5, 5.41) is 17.5. The molecule has 0 spiro atoms. The molecule has 0 saturated carbocycles. The van der Waals surface area contributed by atoms with E-state index in [9.17, 15) is 14.9 Å². The Labute approximate surface area is 142 Å². The molecule has 1 aromatic carbocycles. The third kappa shape index (κ3) is 4.75. The van der Waals surface area contributed by atoms with Gasteiger partial charge in [0.2, 0.25) is 0 Å². The number of nitrogens with one attached hydrogen (secondary N) is 2. The number of hydrogen-bond donors (Lipinski definition) is 2. The summed E-state index contributed by atoms with van der Waals surface area (Å²) in [5.74, 6) is -0.270. The minimum Gasteiger partial charge on any atom is -0.351 e. The Morgan fingerprint density at radius 1 is 1.33 bits per heavy atom. The molecule has 0 aliphatic carbocycles. The summed E-state index contributed by atoms with van der Waals surface area (Å²) < 4.78 is 0. The maximum atomic E-state index is 12.3. The van der Waals surface area contributed by atoms with Gasteiger partial charge in [-0.2, -0.15) is 0 Å². The van der Waals surface area contributed by atoms with Crippen molar-refractivity contribution >= 4 is 11.6 Å². The minimum absolute atomic E-state index is 0.00254. The van der Waals surface area contributed by atoms with Crippen LogP contribution >= 0.6 is 0 Å². The van der Waals surface area contributed by atoms with Crippen LogP contribution in [-0.2, 0) is 5.41 Å². The molecule has 1 aromatic rings. The van der Waals surface area contributed by atoms with E-state index in [-0.39, 0.29) is 17.0 Å². The van der Waals surface area contributed by atoms with Gasteiger partial charge in [0.05, 0.1) is 4.92 Å². The van der Waals surface area contributed by atoms with Crippen LogP contribution < -0.4 is 10.6 Å². The van der Waals surface area contributed by atoms with Crippen LogP contribution in [0.15, 0.2) is 18.2 Å². The maximum absolute atomic E-state index is 12.3. The van der Waals surface area contributed by atoms with E-state index in [1.807, 2.05) is 20.8 Å². The summed E-state index contributed by atoms with van der Waals surface area (Å²) in [6, 6.07) is 4.72. The van der Waals surface area contributed by atoms with Crippen molar-refractivity contribution < 1.29 is 9.72 Å². The summed E-state index contributed by atoms with van der Waals surface area (Å²) in [6.45, 7) is 11.0. The van der Waals surface area contributed by atoms with Crippen molar-refractivity contribution in [1.82, 2.24) is 15.5 Å². The first-order valence-electron chi connectivity index (χ1n) is 8.29. The molecule has 1 amide bonds. The van der Waals surface area contributed by atoms with Gasteiger partial charge >= 0.3 is 0 Å². The lowest BCUT2D eigenvalue weighted by Gasteiger charge is -2.27. The molecule has 0 unspecified atom stereocenters. The Bertz CT molecular complexity index is 604. The highest BCUT2D eigenvalue weighted by Gasteiger charge is 2.26. The van der Waals surface area contributed by atoms with E-state index < -0.39 is 4.92 Å². The fourth-order valence-corrected chi connectivity index (χ4v) is 2.82. The molecule has 0 bridgehead atoms. The summed E-state index contributed by atoms with van der Waals surface area (Å²) >= 11 is 0. The van der Waals surface area contributed by atoms with Crippen LogP contribution in [0.5, 0.6) is 0 Å². The van der Waals surface area contributed by atoms with Crippen LogP contribution in [-0.4, -0.2) is 55.0 Å². The zero-order valence-corrected chi connectivity index (χ0v) is 14.6. The summed E-state index contributed by atoms with van der Waals surface area (Å²) in [5.41, 5.74) is 0.608. The van der Waals surface area contributed by atoms with Gasteiger partial charge in [0, 0.05) is 56.5 Å². The number of nitrogens with zero attached hydrogens (tertiary/aromatic N) is 2. The SMILES string of the molecule is CC(C)(C)c1ccc(C(=O)NCCN2CCNCC2)cc1[N+](=O)[O-]. The van der Waals surface area contributed by atoms with Gasteiger partial charge in [-0.1, -0.05) is 26.8 Å². The van der Waals surface area contributed by atoms with Crippen LogP contribution in [0.4, 0.5) is 5.69 Å². The van der Waals surface area contributed by atoms with Crippen molar-refractivity contribution in [2.45, 2.75) is 26.2 Å². The lowest BCUT2D eigenvalue weighted by atomic mass is 9.85.